The summed E-state index contributed by atoms with van der Waals surface area (Å²) in [5.74, 6) is 2.80. The second kappa shape index (κ2) is 11.5. The number of nitrogens with two attached hydrogens (primary N) is 1. The molecule has 182 valence electrons. The van der Waals surface area contributed by atoms with Crippen LogP contribution in [-0.2, 0) is 4.79 Å². The maximum absolute atomic E-state index is 11.7. The fraction of sp³-hybridized carbons (Fsp3) is 0.269. The minimum Gasteiger partial charge on any atom is -0.457 e. The molecule has 3 aromatic rings. The van der Waals surface area contributed by atoms with Gasteiger partial charge in [-0.2, -0.15) is 4.98 Å². The molecule has 9 heteroatoms. The van der Waals surface area contributed by atoms with Crippen LogP contribution in [0, 0.1) is 5.92 Å². The molecule has 0 aliphatic carbocycles. The van der Waals surface area contributed by atoms with Crippen LogP contribution in [0.2, 0.25) is 0 Å². The number of carbonyl (C=O) groups is 1. The molecular formula is C26H29N5O4. The SMILES string of the molecule is C=CC(=O)N1CCC(CNc2ncc(C(N)O)c(Oc3ccc(Oc4ccccc4)cc3)n2)CC1. The first-order chi connectivity index (χ1) is 17.0. The van der Waals surface area contributed by atoms with Crippen molar-refractivity contribution in [3.8, 4) is 23.1 Å². The Balaban J connectivity index is 1.38. The third-order valence-electron chi connectivity index (χ3n) is 5.77. The van der Waals surface area contributed by atoms with Gasteiger partial charge in [-0.1, -0.05) is 24.8 Å². The summed E-state index contributed by atoms with van der Waals surface area (Å²) in [5.41, 5.74) is 5.96. The summed E-state index contributed by atoms with van der Waals surface area (Å²) >= 11 is 0. The Labute approximate surface area is 204 Å². The van der Waals surface area contributed by atoms with Gasteiger partial charge >= 0.3 is 0 Å². The summed E-state index contributed by atoms with van der Waals surface area (Å²) in [4.78, 5) is 22.2. The number of aromatic nitrogens is 2. The molecule has 0 spiro atoms. The number of anilines is 1. The molecule has 1 unspecified atom stereocenters. The highest BCUT2D eigenvalue weighted by atomic mass is 16.5. The molecule has 1 atom stereocenters. The van der Waals surface area contributed by atoms with Gasteiger partial charge in [-0.25, -0.2) is 4.98 Å². The van der Waals surface area contributed by atoms with Gasteiger partial charge in [-0.15, -0.1) is 0 Å². The van der Waals surface area contributed by atoms with Gasteiger partial charge in [0.1, 0.15) is 23.5 Å². The van der Waals surface area contributed by atoms with Crippen molar-refractivity contribution in [2.45, 2.75) is 19.1 Å². The summed E-state index contributed by atoms with van der Waals surface area (Å²) in [6.45, 7) is 5.61. The largest absolute Gasteiger partial charge is 0.457 e. The standard InChI is InChI=1S/C26H29N5O4/c1-2-23(32)31-14-12-18(13-15-31)16-28-26-29-17-22(24(27)33)25(30-26)35-21-10-8-20(9-11-21)34-19-6-4-3-5-7-19/h2-11,17-18,24,33H,1,12-16,27H2,(H,28,29,30). The summed E-state index contributed by atoms with van der Waals surface area (Å²) in [7, 11) is 0. The Bertz CT molecular complexity index is 1130. The minimum absolute atomic E-state index is 0.0304. The van der Waals surface area contributed by atoms with Crippen molar-refractivity contribution in [2.24, 2.45) is 11.7 Å². The minimum atomic E-state index is -1.29. The van der Waals surface area contributed by atoms with Crippen LogP contribution in [0.5, 0.6) is 23.1 Å². The molecule has 1 aliphatic rings. The lowest BCUT2D eigenvalue weighted by Gasteiger charge is -2.31. The topological polar surface area (TPSA) is 123 Å². The molecule has 0 bridgehead atoms. The summed E-state index contributed by atoms with van der Waals surface area (Å²) < 4.78 is 11.7. The average molecular weight is 476 g/mol. The van der Waals surface area contributed by atoms with E-state index in [0.29, 0.717) is 43.0 Å². The number of carbonyl (C=O) groups excluding carboxylic acids is 1. The maximum Gasteiger partial charge on any atom is 0.245 e. The lowest BCUT2D eigenvalue weighted by atomic mass is 9.97. The Kier molecular flexibility index (Phi) is 7.92. The molecule has 9 nitrogen and oxygen atoms in total. The monoisotopic (exact) mass is 475 g/mol. The van der Waals surface area contributed by atoms with Crippen LogP contribution in [0.25, 0.3) is 0 Å². The molecule has 1 amide bonds. The van der Waals surface area contributed by atoms with E-state index < -0.39 is 6.23 Å². The van der Waals surface area contributed by atoms with E-state index in [1.807, 2.05) is 30.3 Å². The number of amides is 1. The van der Waals surface area contributed by atoms with Gasteiger partial charge in [0.05, 0.1) is 5.56 Å². The number of aliphatic hydroxyl groups is 1. The van der Waals surface area contributed by atoms with Crippen LogP contribution in [0.4, 0.5) is 5.95 Å². The Morgan fingerprint density at radius 2 is 1.74 bits per heavy atom. The van der Waals surface area contributed by atoms with E-state index in [4.69, 9.17) is 15.2 Å². The predicted molar refractivity (Wildman–Crippen MR) is 132 cm³/mol. The fourth-order valence-corrected chi connectivity index (χ4v) is 3.78. The van der Waals surface area contributed by atoms with Gasteiger partial charge in [0.2, 0.25) is 17.7 Å². The first kappa shape index (κ1) is 24.2. The van der Waals surface area contributed by atoms with Crippen LogP contribution in [0.1, 0.15) is 24.6 Å². The summed E-state index contributed by atoms with van der Waals surface area (Å²) in [6.07, 6.45) is 3.28. The van der Waals surface area contributed by atoms with E-state index in [1.54, 1.807) is 29.2 Å². The van der Waals surface area contributed by atoms with Crippen molar-refractivity contribution in [3.63, 3.8) is 0 Å². The third-order valence-corrected chi connectivity index (χ3v) is 5.77. The van der Waals surface area contributed by atoms with Crippen LogP contribution in [0.15, 0.2) is 73.4 Å². The normalized spacial score (nSPS) is 14.7. The van der Waals surface area contributed by atoms with Crippen molar-refractivity contribution in [1.82, 2.24) is 14.9 Å². The number of hydrogen-bond donors (Lipinski definition) is 3. The van der Waals surface area contributed by atoms with Gasteiger partial charge in [0.15, 0.2) is 0 Å². The van der Waals surface area contributed by atoms with Crippen molar-refractivity contribution < 1.29 is 19.4 Å². The molecule has 0 saturated carbocycles. The van der Waals surface area contributed by atoms with Crippen LogP contribution >= 0.6 is 0 Å². The van der Waals surface area contributed by atoms with E-state index in [9.17, 15) is 9.90 Å². The van der Waals surface area contributed by atoms with Gasteiger partial charge in [-0.05, 0) is 61.2 Å². The molecule has 1 aromatic heterocycles. The number of nitrogens with one attached hydrogen (secondary N) is 1. The zero-order valence-electron chi connectivity index (χ0n) is 19.3. The van der Waals surface area contributed by atoms with Crippen LogP contribution < -0.4 is 20.5 Å². The summed E-state index contributed by atoms with van der Waals surface area (Å²) in [5, 5.41) is 13.2. The van der Waals surface area contributed by atoms with Crippen LogP contribution in [0.3, 0.4) is 0 Å². The van der Waals surface area contributed by atoms with E-state index in [-0.39, 0.29) is 17.4 Å². The number of nitrogens with zero attached hydrogens (tertiary/aromatic N) is 3. The highest BCUT2D eigenvalue weighted by molar-refractivity contribution is 5.87. The Morgan fingerprint density at radius 3 is 2.37 bits per heavy atom. The predicted octanol–water partition coefficient (Wildman–Crippen LogP) is 3.85. The first-order valence-electron chi connectivity index (χ1n) is 11.5. The molecule has 2 heterocycles. The smallest absolute Gasteiger partial charge is 0.245 e. The lowest BCUT2D eigenvalue weighted by Crippen LogP contribution is -2.39. The first-order valence-corrected chi connectivity index (χ1v) is 11.5. The van der Waals surface area contributed by atoms with Gasteiger partial charge < -0.3 is 30.5 Å². The molecule has 1 fully saturated rings. The molecule has 1 aliphatic heterocycles. The van der Waals surface area contributed by atoms with Crippen molar-refractivity contribution in [3.05, 3.63) is 79.0 Å². The number of piperidine rings is 1. The molecule has 4 rings (SSSR count). The number of hydrogen-bond acceptors (Lipinski definition) is 8. The number of ether oxygens (including phenoxy) is 2. The van der Waals surface area contributed by atoms with Gasteiger partial charge in [0.25, 0.3) is 0 Å². The third kappa shape index (κ3) is 6.56. The second-order valence-electron chi connectivity index (χ2n) is 8.24. The highest BCUT2D eigenvalue weighted by Crippen LogP contribution is 2.29. The quantitative estimate of drug-likeness (QED) is 0.315. The molecule has 35 heavy (non-hydrogen) atoms. The second-order valence-corrected chi connectivity index (χ2v) is 8.24. The maximum atomic E-state index is 11.7. The molecule has 0 radical (unpaired) electrons. The summed E-state index contributed by atoms with van der Waals surface area (Å²) in [6, 6.07) is 16.5. The average Bonchev–Trinajstić information content (AvgIpc) is 2.89. The number of benzene rings is 2. The van der Waals surface area contributed by atoms with Gasteiger partial charge in [0, 0.05) is 25.8 Å². The number of aliphatic hydroxyl groups excluding tert-OH is 1. The van der Waals surface area contributed by atoms with Crippen molar-refractivity contribution >= 4 is 11.9 Å². The zero-order valence-corrected chi connectivity index (χ0v) is 19.3. The van der Waals surface area contributed by atoms with E-state index in [1.165, 1.54) is 12.3 Å². The molecule has 1 saturated heterocycles. The molecular weight excluding hydrogens is 446 g/mol. The Hall–Kier alpha value is -3.95. The van der Waals surface area contributed by atoms with E-state index in [0.717, 1.165) is 18.6 Å². The van der Waals surface area contributed by atoms with Crippen molar-refractivity contribution in [1.29, 1.82) is 0 Å². The molecule has 4 N–H and O–H groups in total. The van der Waals surface area contributed by atoms with Crippen molar-refractivity contribution in [2.75, 3.05) is 25.0 Å². The van der Waals surface area contributed by atoms with E-state index >= 15 is 0 Å². The van der Waals surface area contributed by atoms with Gasteiger partial charge in [-0.3, -0.25) is 4.79 Å². The Morgan fingerprint density at radius 1 is 1.11 bits per heavy atom. The number of para-hydroxylation sites is 1. The zero-order chi connectivity index (χ0) is 24.6. The lowest BCUT2D eigenvalue weighted by molar-refractivity contribution is -0.127. The molecule has 2 aromatic carbocycles. The van der Waals surface area contributed by atoms with Crippen LogP contribution in [-0.4, -0.2) is 45.5 Å². The fourth-order valence-electron chi connectivity index (χ4n) is 3.78. The highest BCUT2D eigenvalue weighted by Gasteiger charge is 2.22. The number of likely N-dealkylation sites (tertiary alicyclic amines) is 1. The van der Waals surface area contributed by atoms with E-state index in [2.05, 4.69) is 21.9 Å². The number of rotatable bonds is 9.